The van der Waals surface area contributed by atoms with E-state index in [1.165, 1.54) is 5.56 Å². The minimum atomic E-state index is 0.364. The first-order chi connectivity index (χ1) is 9.70. The number of methoxy groups -OCH3 is 1. The van der Waals surface area contributed by atoms with E-state index in [1.54, 1.807) is 19.4 Å². The van der Waals surface area contributed by atoms with Gasteiger partial charge in [0.1, 0.15) is 10.8 Å². The summed E-state index contributed by atoms with van der Waals surface area (Å²) in [5.41, 5.74) is 8.62. The number of aromatic nitrogens is 1. The zero-order valence-electron chi connectivity index (χ0n) is 11.3. The molecule has 0 radical (unpaired) electrons. The van der Waals surface area contributed by atoms with Crippen LogP contribution < -0.4 is 11.1 Å². The van der Waals surface area contributed by atoms with E-state index in [0.717, 1.165) is 23.5 Å². The van der Waals surface area contributed by atoms with Crippen LogP contribution in [0.5, 0.6) is 0 Å². The Labute approximate surface area is 124 Å². The first-order valence-electron chi connectivity index (χ1n) is 6.30. The molecule has 0 atom stereocenters. The van der Waals surface area contributed by atoms with E-state index in [0.29, 0.717) is 11.6 Å². The lowest BCUT2D eigenvalue weighted by Gasteiger charge is -2.11. The third-order valence-corrected chi connectivity index (χ3v) is 3.14. The molecule has 2 aromatic rings. The number of nitrogens with zero attached hydrogens (tertiary/aromatic N) is 1. The normalized spacial score (nSPS) is 10.2. The standard InChI is InChI=1S/C15H17N3OS/c1-19-9-7-11-4-2-3-5-13(11)18-14-10-12(15(16)20)6-8-17-14/h2-6,8,10H,7,9H2,1H3,(H2,16,20)(H,17,18). The summed E-state index contributed by atoms with van der Waals surface area (Å²) < 4.78 is 5.12. The first kappa shape index (κ1) is 14.4. The molecule has 0 amide bonds. The molecule has 1 heterocycles. The number of rotatable bonds is 6. The van der Waals surface area contributed by atoms with Gasteiger partial charge in [0.25, 0.3) is 0 Å². The van der Waals surface area contributed by atoms with Gasteiger partial charge in [0.15, 0.2) is 0 Å². The lowest BCUT2D eigenvalue weighted by atomic mass is 10.1. The topological polar surface area (TPSA) is 60.2 Å². The summed E-state index contributed by atoms with van der Waals surface area (Å²) in [6.07, 6.45) is 2.53. The van der Waals surface area contributed by atoms with Crippen molar-refractivity contribution in [3.05, 3.63) is 53.7 Å². The van der Waals surface area contributed by atoms with Gasteiger partial charge in [-0.3, -0.25) is 0 Å². The van der Waals surface area contributed by atoms with Crippen LogP contribution in [0.25, 0.3) is 0 Å². The number of ether oxygens (including phenoxy) is 1. The van der Waals surface area contributed by atoms with Gasteiger partial charge in [0, 0.05) is 24.6 Å². The van der Waals surface area contributed by atoms with Crippen molar-refractivity contribution < 1.29 is 4.74 Å². The highest BCUT2D eigenvalue weighted by Crippen LogP contribution is 2.20. The number of hydrogen-bond donors (Lipinski definition) is 2. The van der Waals surface area contributed by atoms with E-state index >= 15 is 0 Å². The monoisotopic (exact) mass is 287 g/mol. The number of anilines is 2. The van der Waals surface area contributed by atoms with Gasteiger partial charge in [0.05, 0.1) is 6.61 Å². The van der Waals surface area contributed by atoms with Crippen molar-refractivity contribution in [2.75, 3.05) is 19.0 Å². The minimum Gasteiger partial charge on any atom is -0.389 e. The largest absolute Gasteiger partial charge is 0.389 e. The van der Waals surface area contributed by atoms with Crippen LogP contribution in [0, 0.1) is 0 Å². The summed E-state index contributed by atoms with van der Waals surface area (Å²) in [6.45, 7) is 0.680. The van der Waals surface area contributed by atoms with Gasteiger partial charge in [-0.05, 0) is 30.2 Å². The molecule has 4 nitrogen and oxygen atoms in total. The van der Waals surface area contributed by atoms with Crippen molar-refractivity contribution in [3.8, 4) is 0 Å². The van der Waals surface area contributed by atoms with Crippen LogP contribution in [-0.2, 0) is 11.2 Å². The molecule has 0 saturated carbocycles. The molecule has 0 aliphatic carbocycles. The van der Waals surface area contributed by atoms with Crippen molar-refractivity contribution >= 4 is 28.7 Å². The summed E-state index contributed by atoms with van der Waals surface area (Å²) in [7, 11) is 1.70. The Morgan fingerprint density at radius 3 is 2.90 bits per heavy atom. The Bertz CT molecular complexity index is 601. The number of benzene rings is 1. The fourth-order valence-corrected chi connectivity index (χ4v) is 1.99. The van der Waals surface area contributed by atoms with E-state index in [4.69, 9.17) is 22.7 Å². The Kier molecular flexibility index (Phi) is 5.03. The van der Waals surface area contributed by atoms with Gasteiger partial charge < -0.3 is 15.8 Å². The highest BCUT2D eigenvalue weighted by atomic mass is 32.1. The van der Waals surface area contributed by atoms with Crippen LogP contribution >= 0.6 is 12.2 Å². The molecular formula is C15H17N3OS. The summed E-state index contributed by atoms with van der Waals surface area (Å²) in [6, 6.07) is 11.7. The molecule has 3 N–H and O–H groups in total. The van der Waals surface area contributed by atoms with Gasteiger partial charge in [-0.15, -0.1) is 0 Å². The van der Waals surface area contributed by atoms with Crippen LogP contribution in [0.2, 0.25) is 0 Å². The molecule has 0 bridgehead atoms. The van der Waals surface area contributed by atoms with Gasteiger partial charge in [-0.1, -0.05) is 30.4 Å². The van der Waals surface area contributed by atoms with Crippen molar-refractivity contribution in [1.29, 1.82) is 0 Å². The van der Waals surface area contributed by atoms with Crippen LogP contribution in [-0.4, -0.2) is 23.7 Å². The molecule has 0 spiro atoms. The lowest BCUT2D eigenvalue weighted by molar-refractivity contribution is 0.202. The van der Waals surface area contributed by atoms with Gasteiger partial charge in [0.2, 0.25) is 0 Å². The molecular weight excluding hydrogens is 270 g/mol. The maximum atomic E-state index is 5.63. The van der Waals surface area contributed by atoms with E-state index < -0.39 is 0 Å². The van der Waals surface area contributed by atoms with E-state index in [9.17, 15) is 0 Å². The average molecular weight is 287 g/mol. The van der Waals surface area contributed by atoms with Crippen LogP contribution in [0.15, 0.2) is 42.6 Å². The summed E-state index contributed by atoms with van der Waals surface area (Å²) >= 11 is 4.98. The number of pyridine rings is 1. The van der Waals surface area contributed by atoms with Crippen molar-refractivity contribution in [2.45, 2.75) is 6.42 Å². The highest BCUT2D eigenvalue weighted by molar-refractivity contribution is 7.80. The smallest absolute Gasteiger partial charge is 0.130 e. The third-order valence-electron chi connectivity index (χ3n) is 2.90. The zero-order valence-corrected chi connectivity index (χ0v) is 12.1. The maximum Gasteiger partial charge on any atom is 0.130 e. The van der Waals surface area contributed by atoms with Crippen molar-refractivity contribution in [3.63, 3.8) is 0 Å². The molecule has 0 unspecified atom stereocenters. The highest BCUT2D eigenvalue weighted by Gasteiger charge is 2.04. The Balaban J connectivity index is 2.21. The van der Waals surface area contributed by atoms with Gasteiger partial charge >= 0.3 is 0 Å². The predicted molar refractivity (Wildman–Crippen MR) is 85.4 cm³/mol. The van der Waals surface area contributed by atoms with Crippen molar-refractivity contribution in [2.24, 2.45) is 5.73 Å². The second-order valence-corrected chi connectivity index (χ2v) is 4.76. The Morgan fingerprint density at radius 2 is 2.15 bits per heavy atom. The molecule has 5 heteroatoms. The molecule has 1 aromatic carbocycles. The number of thiocarbonyl (C=S) groups is 1. The van der Waals surface area contributed by atoms with Gasteiger partial charge in [-0.2, -0.15) is 0 Å². The maximum absolute atomic E-state index is 5.63. The third kappa shape index (κ3) is 3.76. The average Bonchev–Trinajstić information content (AvgIpc) is 2.46. The predicted octanol–water partition coefficient (Wildman–Crippen LogP) is 2.65. The van der Waals surface area contributed by atoms with Crippen molar-refractivity contribution in [1.82, 2.24) is 4.98 Å². The quantitative estimate of drug-likeness (QED) is 0.800. The second-order valence-electron chi connectivity index (χ2n) is 4.32. The number of hydrogen-bond acceptors (Lipinski definition) is 4. The molecule has 0 aliphatic heterocycles. The van der Waals surface area contributed by atoms with Crippen LogP contribution in [0.1, 0.15) is 11.1 Å². The molecule has 1 aromatic heterocycles. The fraction of sp³-hybridized carbons (Fsp3) is 0.200. The SMILES string of the molecule is COCCc1ccccc1Nc1cc(C(N)=S)ccn1. The Hall–Kier alpha value is -1.98. The molecule has 0 saturated heterocycles. The molecule has 0 aliphatic rings. The molecule has 0 fully saturated rings. The zero-order chi connectivity index (χ0) is 14.4. The second kappa shape index (κ2) is 6.98. The molecule has 20 heavy (non-hydrogen) atoms. The van der Waals surface area contributed by atoms with E-state index in [2.05, 4.69) is 16.4 Å². The van der Waals surface area contributed by atoms with Gasteiger partial charge in [-0.25, -0.2) is 4.98 Å². The minimum absolute atomic E-state index is 0.364. The molecule has 2 rings (SSSR count). The molecule has 104 valence electrons. The summed E-state index contributed by atoms with van der Waals surface area (Å²) in [4.78, 5) is 4.64. The van der Waals surface area contributed by atoms with E-state index in [1.807, 2.05) is 24.3 Å². The van der Waals surface area contributed by atoms with E-state index in [-0.39, 0.29) is 0 Å². The number of nitrogens with one attached hydrogen (secondary N) is 1. The number of para-hydroxylation sites is 1. The fourth-order valence-electron chi connectivity index (χ4n) is 1.86. The summed E-state index contributed by atoms with van der Waals surface area (Å²) in [5, 5.41) is 3.29. The van der Waals surface area contributed by atoms with Crippen LogP contribution in [0.3, 0.4) is 0 Å². The Morgan fingerprint density at radius 1 is 1.35 bits per heavy atom. The summed E-state index contributed by atoms with van der Waals surface area (Å²) in [5.74, 6) is 0.722. The lowest BCUT2D eigenvalue weighted by Crippen LogP contribution is -2.10. The van der Waals surface area contributed by atoms with Crippen LogP contribution in [0.4, 0.5) is 11.5 Å². The first-order valence-corrected chi connectivity index (χ1v) is 6.71. The number of nitrogens with two attached hydrogens (primary N) is 1.